The Labute approximate surface area is 139 Å². The second-order valence-corrected chi connectivity index (χ2v) is 8.08. The van der Waals surface area contributed by atoms with Gasteiger partial charge in [-0.1, -0.05) is 6.42 Å². The van der Waals surface area contributed by atoms with Crippen LogP contribution in [0.4, 0.5) is 0 Å². The van der Waals surface area contributed by atoms with Crippen LogP contribution in [0.5, 0.6) is 0 Å². The number of likely N-dealkylation sites (tertiary alicyclic amines) is 2. The molecule has 0 bridgehead atoms. The fourth-order valence-corrected chi connectivity index (χ4v) is 4.85. The van der Waals surface area contributed by atoms with E-state index in [1.165, 1.54) is 0 Å². The average molecular weight is 335 g/mol. The fraction of sp³-hybridized carbons (Fsp3) is 0.688. The van der Waals surface area contributed by atoms with Crippen molar-refractivity contribution in [3.63, 3.8) is 0 Å². The van der Waals surface area contributed by atoms with E-state index in [-0.39, 0.29) is 17.7 Å². The molecule has 1 aromatic rings. The van der Waals surface area contributed by atoms with E-state index in [1.54, 1.807) is 17.5 Å². The Morgan fingerprint density at radius 1 is 1.35 bits per heavy atom. The Kier molecular flexibility index (Phi) is 3.65. The van der Waals surface area contributed by atoms with Crippen molar-refractivity contribution in [2.75, 3.05) is 26.2 Å². The standard InChI is InChI=1S/C16H21N3O3S/c20-14(11-2-1-3-11)19-7-12-6-18(8-13-17-4-5-23-13)9-16(12,10-19)15(21)22/h4-5,11-12H,1-3,6-10H2,(H,21,22)/t12-,16-/m1/s1. The number of carboxylic acid groups (broad SMARTS) is 1. The highest BCUT2D eigenvalue weighted by Crippen LogP contribution is 2.44. The Bertz CT molecular complexity index is 616. The van der Waals surface area contributed by atoms with Crippen LogP contribution >= 0.6 is 11.3 Å². The van der Waals surface area contributed by atoms with Crippen LogP contribution in [0.2, 0.25) is 0 Å². The zero-order chi connectivity index (χ0) is 16.0. The van der Waals surface area contributed by atoms with Crippen LogP contribution in [0.15, 0.2) is 11.6 Å². The molecule has 3 heterocycles. The monoisotopic (exact) mass is 335 g/mol. The van der Waals surface area contributed by atoms with E-state index >= 15 is 0 Å². The van der Waals surface area contributed by atoms with E-state index in [4.69, 9.17) is 0 Å². The molecule has 1 amide bonds. The summed E-state index contributed by atoms with van der Waals surface area (Å²) in [6.45, 7) is 2.92. The largest absolute Gasteiger partial charge is 0.481 e. The third-order valence-electron chi connectivity index (χ3n) is 5.71. The van der Waals surface area contributed by atoms with Crippen LogP contribution in [-0.4, -0.2) is 57.9 Å². The van der Waals surface area contributed by atoms with Gasteiger partial charge >= 0.3 is 5.97 Å². The molecule has 6 nitrogen and oxygen atoms in total. The van der Waals surface area contributed by atoms with Gasteiger partial charge in [0.2, 0.25) is 5.91 Å². The van der Waals surface area contributed by atoms with Gasteiger partial charge in [-0.05, 0) is 12.8 Å². The van der Waals surface area contributed by atoms with Crippen molar-refractivity contribution in [3.05, 3.63) is 16.6 Å². The molecule has 0 unspecified atom stereocenters. The summed E-state index contributed by atoms with van der Waals surface area (Å²) in [6, 6.07) is 0. The smallest absolute Gasteiger partial charge is 0.313 e. The van der Waals surface area contributed by atoms with E-state index in [0.29, 0.717) is 26.2 Å². The lowest BCUT2D eigenvalue weighted by Gasteiger charge is -2.31. The predicted molar refractivity (Wildman–Crippen MR) is 84.9 cm³/mol. The normalized spacial score (nSPS) is 31.1. The van der Waals surface area contributed by atoms with Gasteiger partial charge in [0, 0.05) is 49.6 Å². The number of hydrogen-bond donors (Lipinski definition) is 1. The highest BCUT2D eigenvalue weighted by Gasteiger charge is 2.58. The van der Waals surface area contributed by atoms with Crippen LogP contribution in [0, 0.1) is 17.3 Å². The van der Waals surface area contributed by atoms with Gasteiger partial charge in [0.05, 0.1) is 6.54 Å². The number of carboxylic acids is 1. The van der Waals surface area contributed by atoms with Crippen molar-refractivity contribution >= 4 is 23.2 Å². The minimum absolute atomic E-state index is 0.0315. The molecule has 0 radical (unpaired) electrons. The molecule has 3 fully saturated rings. The van der Waals surface area contributed by atoms with Crippen molar-refractivity contribution in [1.82, 2.24) is 14.8 Å². The van der Waals surface area contributed by atoms with E-state index in [1.807, 2.05) is 10.3 Å². The van der Waals surface area contributed by atoms with Crippen molar-refractivity contribution < 1.29 is 14.7 Å². The Morgan fingerprint density at radius 2 is 2.17 bits per heavy atom. The number of aliphatic carboxylic acids is 1. The lowest BCUT2D eigenvalue weighted by molar-refractivity contribution is -0.149. The van der Waals surface area contributed by atoms with Gasteiger partial charge in [-0.3, -0.25) is 14.5 Å². The molecule has 2 saturated heterocycles. The zero-order valence-corrected chi connectivity index (χ0v) is 13.8. The summed E-state index contributed by atoms with van der Waals surface area (Å²) in [4.78, 5) is 32.8. The number of carbonyl (C=O) groups is 2. The maximum atomic E-state index is 12.5. The molecular weight excluding hydrogens is 314 g/mol. The van der Waals surface area contributed by atoms with Crippen molar-refractivity contribution in [2.45, 2.75) is 25.8 Å². The topological polar surface area (TPSA) is 73.7 Å². The minimum Gasteiger partial charge on any atom is -0.481 e. The Morgan fingerprint density at radius 3 is 2.74 bits per heavy atom. The summed E-state index contributed by atoms with van der Waals surface area (Å²) < 4.78 is 0. The number of aromatic nitrogens is 1. The lowest BCUT2D eigenvalue weighted by atomic mass is 9.81. The summed E-state index contributed by atoms with van der Waals surface area (Å²) in [5, 5.41) is 12.8. The van der Waals surface area contributed by atoms with E-state index in [0.717, 1.165) is 30.8 Å². The Hall–Kier alpha value is -1.47. The quantitative estimate of drug-likeness (QED) is 0.897. The molecule has 4 rings (SSSR count). The van der Waals surface area contributed by atoms with Crippen molar-refractivity contribution in [1.29, 1.82) is 0 Å². The van der Waals surface area contributed by atoms with Crippen LogP contribution in [0.1, 0.15) is 24.3 Å². The molecule has 124 valence electrons. The molecule has 1 aromatic heterocycles. The summed E-state index contributed by atoms with van der Waals surface area (Å²) in [5.41, 5.74) is -0.795. The third kappa shape index (κ3) is 2.46. The molecule has 1 N–H and O–H groups in total. The number of nitrogens with zero attached hydrogens (tertiary/aromatic N) is 3. The molecule has 1 saturated carbocycles. The van der Waals surface area contributed by atoms with E-state index < -0.39 is 11.4 Å². The molecule has 2 atom stereocenters. The molecule has 0 spiro atoms. The van der Waals surface area contributed by atoms with Crippen LogP contribution in [0.25, 0.3) is 0 Å². The highest BCUT2D eigenvalue weighted by molar-refractivity contribution is 7.09. The van der Waals surface area contributed by atoms with Gasteiger partial charge in [-0.25, -0.2) is 4.98 Å². The molecule has 7 heteroatoms. The van der Waals surface area contributed by atoms with Gasteiger partial charge in [-0.15, -0.1) is 11.3 Å². The average Bonchev–Trinajstić information content (AvgIpc) is 3.10. The summed E-state index contributed by atoms with van der Waals surface area (Å²) in [7, 11) is 0. The Balaban J connectivity index is 1.47. The van der Waals surface area contributed by atoms with Gasteiger partial charge in [0.1, 0.15) is 10.4 Å². The fourth-order valence-electron chi connectivity index (χ4n) is 4.20. The number of amides is 1. The summed E-state index contributed by atoms with van der Waals surface area (Å²) >= 11 is 1.60. The summed E-state index contributed by atoms with van der Waals surface area (Å²) in [5.74, 6) is -0.402. The first-order valence-electron chi connectivity index (χ1n) is 8.21. The third-order valence-corrected chi connectivity index (χ3v) is 6.48. The van der Waals surface area contributed by atoms with E-state index in [9.17, 15) is 14.7 Å². The molecule has 2 aliphatic heterocycles. The zero-order valence-electron chi connectivity index (χ0n) is 13.0. The maximum Gasteiger partial charge on any atom is 0.313 e. The first-order valence-corrected chi connectivity index (χ1v) is 9.09. The van der Waals surface area contributed by atoms with Crippen LogP contribution in [0.3, 0.4) is 0 Å². The lowest BCUT2D eigenvalue weighted by Crippen LogP contribution is -2.44. The van der Waals surface area contributed by atoms with Gasteiger partial charge in [0.15, 0.2) is 0 Å². The van der Waals surface area contributed by atoms with Crippen LogP contribution in [-0.2, 0) is 16.1 Å². The number of rotatable bonds is 4. The summed E-state index contributed by atoms with van der Waals surface area (Å²) in [6.07, 6.45) is 4.84. The molecule has 3 aliphatic rings. The van der Waals surface area contributed by atoms with Crippen LogP contribution < -0.4 is 0 Å². The number of fused-ring (bicyclic) bond motifs is 1. The van der Waals surface area contributed by atoms with Crippen molar-refractivity contribution in [3.8, 4) is 0 Å². The number of thiazole rings is 1. The van der Waals surface area contributed by atoms with E-state index in [2.05, 4.69) is 9.88 Å². The second-order valence-electron chi connectivity index (χ2n) is 7.10. The molecule has 1 aliphatic carbocycles. The van der Waals surface area contributed by atoms with Gasteiger partial charge in [-0.2, -0.15) is 0 Å². The molecule has 0 aromatic carbocycles. The maximum absolute atomic E-state index is 12.5. The SMILES string of the molecule is O=C(C1CCC1)N1C[C@H]2CN(Cc3nccs3)C[C@@]2(C(=O)O)C1. The number of hydrogen-bond acceptors (Lipinski definition) is 5. The first kappa shape index (κ1) is 15.1. The van der Waals surface area contributed by atoms with Crippen molar-refractivity contribution in [2.24, 2.45) is 17.3 Å². The van der Waals surface area contributed by atoms with Gasteiger partial charge < -0.3 is 10.0 Å². The second kappa shape index (κ2) is 5.56. The predicted octanol–water partition coefficient (Wildman–Crippen LogP) is 1.29. The minimum atomic E-state index is -0.795. The molecule has 23 heavy (non-hydrogen) atoms. The highest BCUT2D eigenvalue weighted by atomic mass is 32.1. The van der Waals surface area contributed by atoms with Gasteiger partial charge in [0.25, 0.3) is 0 Å². The number of carbonyl (C=O) groups excluding carboxylic acids is 1. The first-order chi connectivity index (χ1) is 11.1. The molecular formula is C16H21N3O3S.